The van der Waals surface area contributed by atoms with E-state index in [1.807, 2.05) is 12.1 Å². The summed E-state index contributed by atoms with van der Waals surface area (Å²) in [5.41, 5.74) is 2.49. The minimum absolute atomic E-state index is 0.108. The Hall–Kier alpha value is -1.02. The average Bonchev–Trinajstić information content (AvgIpc) is 2.79. The molecule has 0 spiro atoms. The molecule has 2 nitrogen and oxygen atoms in total. The lowest BCUT2D eigenvalue weighted by Gasteiger charge is -2.53. The molecule has 120 valence electrons. The van der Waals surface area contributed by atoms with Gasteiger partial charge in [0.2, 0.25) is 0 Å². The highest BCUT2D eigenvalue weighted by molar-refractivity contribution is 5.40. The van der Waals surface area contributed by atoms with Crippen LogP contribution in [0.4, 0.5) is 0 Å². The highest BCUT2D eigenvalue weighted by Gasteiger charge is 2.60. The Morgan fingerprint density at radius 3 is 2.77 bits per heavy atom. The fraction of sp³-hybridized carbons (Fsp3) is 0.700. The zero-order valence-corrected chi connectivity index (χ0v) is 13.8. The number of phenolic OH excluding ortho intramolecular Hbond substituents is 1. The second-order valence-corrected chi connectivity index (χ2v) is 8.18. The van der Waals surface area contributed by atoms with Gasteiger partial charge in [-0.05, 0) is 91.4 Å². The Bertz CT molecular complexity index is 595. The van der Waals surface area contributed by atoms with Gasteiger partial charge in [0.05, 0.1) is 5.60 Å². The molecule has 3 aliphatic rings. The smallest absolute Gasteiger partial charge is 0.115 e. The molecule has 0 radical (unpaired) electrons. The average molecular weight is 300 g/mol. The predicted molar refractivity (Wildman–Crippen MR) is 88.0 cm³/mol. The number of phenols is 1. The van der Waals surface area contributed by atoms with Crippen molar-refractivity contribution >= 4 is 0 Å². The van der Waals surface area contributed by atoms with Gasteiger partial charge in [-0.2, -0.15) is 0 Å². The number of aryl methyl sites for hydroxylation is 1. The van der Waals surface area contributed by atoms with E-state index in [2.05, 4.69) is 19.9 Å². The van der Waals surface area contributed by atoms with Crippen LogP contribution in [0.15, 0.2) is 18.2 Å². The Morgan fingerprint density at radius 2 is 2.00 bits per heavy atom. The highest BCUT2D eigenvalue weighted by Crippen LogP contribution is 2.64. The first-order valence-electron chi connectivity index (χ1n) is 9.03. The number of fused-ring (bicyclic) bond motifs is 5. The monoisotopic (exact) mass is 300 g/mol. The molecule has 22 heavy (non-hydrogen) atoms. The Morgan fingerprint density at radius 1 is 1.18 bits per heavy atom. The van der Waals surface area contributed by atoms with Crippen molar-refractivity contribution in [1.29, 1.82) is 0 Å². The molecule has 3 aliphatic carbocycles. The molecule has 2 N–H and O–H groups in total. The SMILES string of the molecule is CC[C@]1(O)CC[C@@H]2[C@@H]3CCc4cc(O)ccc4[C@H]3CC[C@@]21C. The lowest BCUT2D eigenvalue weighted by atomic mass is 9.53. The second kappa shape index (κ2) is 4.74. The molecule has 1 aromatic rings. The van der Waals surface area contributed by atoms with Gasteiger partial charge in [0.1, 0.15) is 5.75 Å². The number of benzene rings is 1. The molecule has 0 amide bonds. The van der Waals surface area contributed by atoms with Gasteiger partial charge in [-0.25, -0.2) is 0 Å². The van der Waals surface area contributed by atoms with Crippen LogP contribution in [-0.2, 0) is 6.42 Å². The molecule has 2 saturated carbocycles. The summed E-state index contributed by atoms with van der Waals surface area (Å²) in [6.07, 6.45) is 7.71. The van der Waals surface area contributed by atoms with Crippen LogP contribution >= 0.6 is 0 Å². The molecular weight excluding hydrogens is 272 g/mol. The van der Waals surface area contributed by atoms with Crippen molar-refractivity contribution in [3.8, 4) is 5.75 Å². The van der Waals surface area contributed by atoms with Crippen molar-refractivity contribution in [1.82, 2.24) is 0 Å². The van der Waals surface area contributed by atoms with Crippen LogP contribution in [0.2, 0.25) is 0 Å². The second-order valence-electron chi connectivity index (χ2n) is 8.18. The summed E-state index contributed by atoms with van der Waals surface area (Å²) in [6.45, 7) is 4.51. The number of aromatic hydroxyl groups is 1. The molecule has 0 bridgehead atoms. The molecular formula is C20H28O2. The molecule has 5 atom stereocenters. The summed E-state index contributed by atoms with van der Waals surface area (Å²) in [5.74, 6) is 2.43. The summed E-state index contributed by atoms with van der Waals surface area (Å²) < 4.78 is 0. The normalized spacial score (nSPS) is 43.3. The van der Waals surface area contributed by atoms with Gasteiger partial charge >= 0.3 is 0 Å². The van der Waals surface area contributed by atoms with E-state index in [-0.39, 0.29) is 5.41 Å². The van der Waals surface area contributed by atoms with E-state index >= 15 is 0 Å². The van der Waals surface area contributed by atoms with Gasteiger partial charge in [0.25, 0.3) is 0 Å². The summed E-state index contributed by atoms with van der Waals surface area (Å²) in [4.78, 5) is 0. The first kappa shape index (κ1) is 14.6. The standard InChI is InChI=1S/C20H28O2/c1-3-20(22)11-9-18-17-6-4-13-12-14(21)5-7-15(13)16(17)8-10-19(18,20)2/h5,7,12,16-18,21-22H,3-4,6,8-11H2,1-2H3/t16-,17-,18-,19+,20+/m1/s1. The largest absolute Gasteiger partial charge is 0.508 e. The topological polar surface area (TPSA) is 40.5 Å². The zero-order chi connectivity index (χ0) is 15.5. The summed E-state index contributed by atoms with van der Waals surface area (Å²) >= 11 is 0. The first-order chi connectivity index (χ1) is 10.5. The number of hydrogen-bond donors (Lipinski definition) is 2. The van der Waals surface area contributed by atoms with E-state index in [9.17, 15) is 10.2 Å². The van der Waals surface area contributed by atoms with Crippen LogP contribution in [0, 0.1) is 17.3 Å². The van der Waals surface area contributed by atoms with Crippen molar-refractivity contribution in [3.63, 3.8) is 0 Å². The number of aliphatic hydroxyl groups is 1. The fourth-order valence-electron chi connectivity index (χ4n) is 6.26. The maximum atomic E-state index is 11.1. The van der Waals surface area contributed by atoms with E-state index < -0.39 is 5.60 Å². The van der Waals surface area contributed by atoms with Crippen molar-refractivity contribution < 1.29 is 10.2 Å². The van der Waals surface area contributed by atoms with E-state index in [4.69, 9.17) is 0 Å². The Balaban J connectivity index is 1.70. The third-order valence-electron chi connectivity index (χ3n) is 7.62. The fourth-order valence-corrected chi connectivity index (χ4v) is 6.26. The summed E-state index contributed by atoms with van der Waals surface area (Å²) in [6, 6.07) is 5.98. The summed E-state index contributed by atoms with van der Waals surface area (Å²) in [7, 11) is 0. The molecule has 0 heterocycles. The van der Waals surface area contributed by atoms with Crippen LogP contribution in [0.25, 0.3) is 0 Å². The number of rotatable bonds is 1. The third-order valence-corrected chi connectivity index (χ3v) is 7.62. The maximum absolute atomic E-state index is 11.1. The molecule has 4 rings (SSSR count). The molecule has 2 heteroatoms. The van der Waals surface area contributed by atoms with Gasteiger partial charge in [-0.3, -0.25) is 0 Å². The van der Waals surface area contributed by atoms with Gasteiger partial charge in [0, 0.05) is 0 Å². The summed E-state index contributed by atoms with van der Waals surface area (Å²) in [5, 5.41) is 20.9. The minimum Gasteiger partial charge on any atom is -0.508 e. The highest BCUT2D eigenvalue weighted by atomic mass is 16.3. The van der Waals surface area contributed by atoms with Crippen LogP contribution < -0.4 is 0 Å². The van der Waals surface area contributed by atoms with E-state index in [1.54, 1.807) is 0 Å². The van der Waals surface area contributed by atoms with Crippen molar-refractivity contribution in [3.05, 3.63) is 29.3 Å². The van der Waals surface area contributed by atoms with Gasteiger partial charge in [-0.1, -0.05) is 19.9 Å². The minimum atomic E-state index is -0.447. The lowest BCUT2D eigenvalue weighted by molar-refractivity contribution is -0.104. The van der Waals surface area contributed by atoms with Crippen LogP contribution in [0.3, 0.4) is 0 Å². The zero-order valence-electron chi connectivity index (χ0n) is 13.8. The molecule has 0 unspecified atom stereocenters. The van der Waals surface area contributed by atoms with Crippen molar-refractivity contribution in [2.75, 3.05) is 0 Å². The van der Waals surface area contributed by atoms with E-state index in [1.165, 1.54) is 30.4 Å². The molecule has 0 aliphatic heterocycles. The maximum Gasteiger partial charge on any atom is 0.115 e. The van der Waals surface area contributed by atoms with Crippen molar-refractivity contribution in [2.24, 2.45) is 17.3 Å². The lowest BCUT2D eigenvalue weighted by Crippen LogP contribution is -2.50. The number of hydrogen-bond acceptors (Lipinski definition) is 2. The first-order valence-corrected chi connectivity index (χ1v) is 9.03. The van der Waals surface area contributed by atoms with Gasteiger partial charge < -0.3 is 10.2 Å². The molecule has 0 saturated heterocycles. The molecule has 0 aromatic heterocycles. The van der Waals surface area contributed by atoms with Crippen molar-refractivity contribution in [2.45, 2.75) is 70.3 Å². The van der Waals surface area contributed by atoms with Crippen LogP contribution in [0.1, 0.15) is 69.4 Å². The van der Waals surface area contributed by atoms with Crippen LogP contribution in [0.5, 0.6) is 5.75 Å². The molecule has 2 fully saturated rings. The van der Waals surface area contributed by atoms with E-state index in [0.717, 1.165) is 31.6 Å². The van der Waals surface area contributed by atoms with Gasteiger partial charge in [0.15, 0.2) is 0 Å². The Labute approximate surface area is 133 Å². The van der Waals surface area contributed by atoms with Crippen LogP contribution in [-0.4, -0.2) is 15.8 Å². The van der Waals surface area contributed by atoms with Gasteiger partial charge in [-0.15, -0.1) is 0 Å². The Kier molecular flexibility index (Phi) is 3.14. The van der Waals surface area contributed by atoms with E-state index in [0.29, 0.717) is 17.6 Å². The third kappa shape index (κ3) is 1.76. The molecule has 1 aromatic carbocycles. The predicted octanol–water partition coefficient (Wildman–Crippen LogP) is 4.39. The quantitative estimate of drug-likeness (QED) is 0.807.